The van der Waals surface area contributed by atoms with Crippen molar-refractivity contribution >= 4 is 0 Å². The van der Waals surface area contributed by atoms with Gasteiger partial charge < -0.3 is 5.11 Å². The number of allylic oxidation sites excluding steroid dienone is 4. The third kappa shape index (κ3) is 35.4. The van der Waals surface area contributed by atoms with Crippen LogP contribution in [0.4, 0.5) is 0 Å². The van der Waals surface area contributed by atoms with E-state index < -0.39 is 0 Å². The van der Waals surface area contributed by atoms with Crippen molar-refractivity contribution in [2.24, 2.45) is 0 Å². The summed E-state index contributed by atoms with van der Waals surface area (Å²) in [6, 6.07) is 0. The van der Waals surface area contributed by atoms with Gasteiger partial charge in [-0.25, -0.2) is 0 Å². The smallest absolute Gasteiger partial charge is 0.0431 e. The van der Waals surface area contributed by atoms with Gasteiger partial charge in [0.2, 0.25) is 0 Å². The van der Waals surface area contributed by atoms with E-state index in [0.29, 0.717) is 6.61 Å². The maximum Gasteiger partial charge on any atom is 0.0431 e. The molecule has 0 amide bonds. The number of aliphatic hydroxyl groups is 1. The zero-order valence-electron chi connectivity index (χ0n) is 26.4. The maximum absolute atomic E-state index is 8.78. The summed E-state index contributed by atoms with van der Waals surface area (Å²) in [4.78, 5) is 0. The number of rotatable bonds is 33. The minimum absolute atomic E-state index is 0.372. The van der Waals surface area contributed by atoms with Crippen molar-refractivity contribution in [1.82, 2.24) is 0 Å². The van der Waals surface area contributed by atoms with E-state index in [1.165, 1.54) is 193 Å². The van der Waals surface area contributed by atoms with Gasteiger partial charge in [-0.05, 0) is 51.4 Å². The Morgan fingerprint density at radius 1 is 0.289 bits per heavy atom. The van der Waals surface area contributed by atoms with E-state index in [-0.39, 0.29) is 0 Å². The van der Waals surface area contributed by atoms with Gasteiger partial charge >= 0.3 is 0 Å². The zero-order chi connectivity index (χ0) is 27.5. The fourth-order valence-electron chi connectivity index (χ4n) is 5.40. The van der Waals surface area contributed by atoms with E-state index in [1.807, 2.05) is 0 Å². The maximum atomic E-state index is 8.78. The SMILES string of the molecule is CCCCC=CCCCCCCCC=CCCCCCCCCCCCCCCCCCCCCCCO. The Morgan fingerprint density at radius 2 is 0.500 bits per heavy atom. The highest BCUT2D eigenvalue weighted by Gasteiger charge is 1.96. The lowest BCUT2D eigenvalue weighted by atomic mass is 10.0. The van der Waals surface area contributed by atoms with Crippen molar-refractivity contribution < 1.29 is 5.11 Å². The Morgan fingerprint density at radius 3 is 0.737 bits per heavy atom. The van der Waals surface area contributed by atoms with E-state index in [9.17, 15) is 0 Å². The van der Waals surface area contributed by atoms with Crippen molar-refractivity contribution in [2.45, 2.75) is 206 Å². The molecule has 1 nitrogen and oxygen atoms in total. The summed E-state index contributed by atoms with van der Waals surface area (Å²) in [5.74, 6) is 0. The topological polar surface area (TPSA) is 20.2 Å². The third-order valence-electron chi connectivity index (χ3n) is 8.08. The average molecular weight is 533 g/mol. The summed E-state index contributed by atoms with van der Waals surface area (Å²) in [6.45, 7) is 2.64. The van der Waals surface area contributed by atoms with Crippen LogP contribution >= 0.6 is 0 Å². The van der Waals surface area contributed by atoms with Gasteiger partial charge in [-0.1, -0.05) is 179 Å². The standard InChI is InChI=1S/C37H72O/c1-2-3-4-5-6-7-8-9-10-11-12-13-14-15-16-17-18-19-20-21-22-23-24-25-26-27-28-29-30-31-32-33-34-35-36-37-38/h5-6,14-15,38H,2-4,7-13,16-37H2,1H3. The molecule has 0 aliphatic heterocycles. The lowest BCUT2D eigenvalue weighted by molar-refractivity contribution is 0.282. The number of hydrogen-bond acceptors (Lipinski definition) is 1. The second-order valence-corrected chi connectivity index (χ2v) is 12.0. The van der Waals surface area contributed by atoms with Gasteiger partial charge in [0.05, 0.1) is 0 Å². The summed E-state index contributed by atoms with van der Waals surface area (Å²) < 4.78 is 0. The molecule has 0 unspecified atom stereocenters. The lowest BCUT2D eigenvalue weighted by Crippen LogP contribution is -1.85. The molecule has 0 aliphatic carbocycles. The Hall–Kier alpha value is -0.560. The molecule has 0 rings (SSSR count). The van der Waals surface area contributed by atoms with Crippen molar-refractivity contribution in [2.75, 3.05) is 6.61 Å². The van der Waals surface area contributed by atoms with Crippen LogP contribution in [0.3, 0.4) is 0 Å². The molecule has 0 aromatic rings. The van der Waals surface area contributed by atoms with Crippen molar-refractivity contribution in [3.8, 4) is 0 Å². The molecule has 0 aromatic heterocycles. The molecular weight excluding hydrogens is 460 g/mol. The first-order valence-corrected chi connectivity index (χ1v) is 17.8. The van der Waals surface area contributed by atoms with Gasteiger partial charge in [0.15, 0.2) is 0 Å². The van der Waals surface area contributed by atoms with Crippen molar-refractivity contribution in [1.29, 1.82) is 0 Å². The molecule has 1 heteroatoms. The normalized spacial score (nSPS) is 11.9. The second-order valence-electron chi connectivity index (χ2n) is 12.0. The molecule has 38 heavy (non-hydrogen) atoms. The summed E-state index contributed by atoms with van der Waals surface area (Å²) in [6.07, 6.45) is 52.6. The summed E-state index contributed by atoms with van der Waals surface area (Å²) in [5, 5.41) is 8.78. The summed E-state index contributed by atoms with van der Waals surface area (Å²) in [5.41, 5.74) is 0. The molecule has 0 atom stereocenters. The van der Waals surface area contributed by atoms with Crippen LogP contribution in [0.1, 0.15) is 206 Å². The van der Waals surface area contributed by atoms with Crippen molar-refractivity contribution in [3.05, 3.63) is 24.3 Å². The molecule has 0 radical (unpaired) electrons. The Labute approximate surface area is 241 Å². The van der Waals surface area contributed by atoms with Crippen LogP contribution in [-0.2, 0) is 0 Å². The van der Waals surface area contributed by atoms with Gasteiger partial charge in [-0.3, -0.25) is 0 Å². The predicted octanol–water partition coefficient (Wildman–Crippen LogP) is 13.2. The summed E-state index contributed by atoms with van der Waals surface area (Å²) in [7, 11) is 0. The van der Waals surface area contributed by atoms with Crippen LogP contribution in [0.25, 0.3) is 0 Å². The van der Waals surface area contributed by atoms with E-state index in [0.717, 1.165) is 6.42 Å². The van der Waals surface area contributed by atoms with E-state index >= 15 is 0 Å². The highest BCUT2D eigenvalue weighted by molar-refractivity contribution is 4.82. The van der Waals surface area contributed by atoms with Gasteiger partial charge in [0, 0.05) is 6.61 Å². The Balaban J connectivity index is 3.09. The minimum atomic E-state index is 0.372. The number of aliphatic hydroxyl groups excluding tert-OH is 1. The molecule has 0 aromatic carbocycles. The molecular formula is C37H72O. The van der Waals surface area contributed by atoms with Crippen LogP contribution in [-0.4, -0.2) is 11.7 Å². The van der Waals surface area contributed by atoms with Crippen LogP contribution in [0, 0.1) is 0 Å². The fraction of sp³-hybridized carbons (Fsp3) is 0.892. The molecule has 1 N–H and O–H groups in total. The van der Waals surface area contributed by atoms with Gasteiger partial charge in [-0.2, -0.15) is 0 Å². The van der Waals surface area contributed by atoms with E-state index in [4.69, 9.17) is 5.11 Å². The van der Waals surface area contributed by atoms with E-state index in [1.54, 1.807) is 0 Å². The van der Waals surface area contributed by atoms with Crippen LogP contribution in [0.5, 0.6) is 0 Å². The molecule has 0 aliphatic rings. The van der Waals surface area contributed by atoms with Gasteiger partial charge in [-0.15, -0.1) is 0 Å². The largest absolute Gasteiger partial charge is 0.396 e. The third-order valence-corrected chi connectivity index (χ3v) is 8.08. The first-order valence-electron chi connectivity index (χ1n) is 17.8. The quantitative estimate of drug-likeness (QED) is 0.0658. The fourth-order valence-corrected chi connectivity index (χ4v) is 5.40. The first-order chi connectivity index (χ1) is 18.9. The van der Waals surface area contributed by atoms with Crippen molar-refractivity contribution in [3.63, 3.8) is 0 Å². The first kappa shape index (κ1) is 37.4. The van der Waals surface area contributed by atoms with E-state index in [2.05, 4.69) is 31.2 Å². The molecule has 0 saturated carbocycles. The van der Waals surface area contributed by atoms with Crippen LogP contribution in [0.15, 0.2) is 24.3 Å². The van der Waals surface area contributed by atoms with Crippen LogP contribution < -0.4 is 0 Å². The molecule has 0 saturated heterocycles. The Kier molecular flexibility index (Phi) is 35.9. The molecule has 0 fully saturated rings. The predicted molar refractivity (Wildman–Crippen MR) is 174 cm³/mol. The molecule has 0 bridgehead atoms. The number of unbranched alkanes of at least 4 members (excludes halogenated alkanes) is 28. The average Bonchev–Trinajstić information content (AvgIpc) is 2.93. The van der Waals surface area contributed by atoms with Crippen LogP contribution in [0.2, 0.25) is 0 Å². The minimum Gasteiger partial charge on any atom is -0.396 e. The van der Waals surface area contributed by atoms with Gasteiger partial charge in [0.25, 0.3) is 0 Å². The molecule has 0 spiro atoms. The zero-order valence-corrected chi connectivity index (χ0v) is 26.4. The highest BCUT2D eigenvalue weighted by atomic mass is 16.2. The number of hydrogen-bond donors (Lipinski definition) is 1. The molecule has 0 heterocycles. The second kappa shape index (κ2) is 36.4. The lowest BCUT2D eigenvalue weighted by Gasteiger charge is -2.04. The monoisotopic (exact) mass is 533 g/mol. The summed E-state index contributed by atoms with van der Waals surface area (Å²) >= 11 is 0. The van der Waals surface area contributed by atoms with Gasteiger partial charge in [0.1, 0.15) is 0 Å². The highest BCUT2D eigenvalue weighted by Crippen LogP contribution is 2.15. The molecule has 226 valence electrons. The Bertz CT molecular complexity index is 452.